The smallest absolute Gasteiger partial charge is 0.252 e. The highest BCUT2D eigenvalue weighted by molar-refractivity contribution is 9.10. The Morgan fingerprint density at radius 2 is 1.76 bits per heavy atom. The Morgan fingerprint density at radius 1 is 1.08 bits per heavy atom. The van der Waals surface area contributed by atoms with Crippen molar-refractivity contribution in [3.8, 4) is 5.75 Å². The lowest BCUT2D eigenvalue weighted by Gasteiger charge is -2.28. The van der Waals surface area contributed by atoms with Gasteiger partial charge in [-0.15, -0.1) is 0 Å². The fourth-order valence-electron chi connectivity index (χ4n) is 4.18. The summed E-state index contributed by atoms with van der Waals surface area (Å²) >= 11 is 9.46. The molecule has 6 nitrogen and oxygen atoms in total. The lowest BCUT2D eigenvalue weighted by Crippen LogP contribution is -2.52. The largest absolute Gasteiger partial charge is 0.494 e. The van der Waals surface area contributed by atoms with Gasteiger partial charge in [-0.25, -0.2) is 4.99 Å². The molecule has 3 aromatic rings. The first kappa shape index (κ1) is 27.2. The lowest BCUT2D eigenvalue weighted by atomic mass is 9.86. The third-order valence-electron chi connectivity index (χ3n) is 6.33. The van der Waals surface area contributed by atoms with Crippen molar-refractivity contribution in [3.05, 3.63) is 99.0 Å². The van der Waals surface area contributed by atoms with E-state index in [1.54, 1.807) is 0 Å². The molecule has 1 amide bonds. The van der Waals surface area contributed by atoms with Gasteiger partial charge in [0.1, 0.15) is 11.9 Å². The van der Waals surface area contributed by atoms with Crippen LogP contribution in [0.15, 0.2) is 82.3 Å². The molecule has 2 N–H and O–H groups in total. The fraction of sp³-hybridized carbons (Fsp3) is 0.310. The minimum atomic E-state index is -1.11. The summed E-state index contributed by atoms with van der Waals surface area (Å²) in [4.78, 5) is 18.6. The number of nitrogens with one attached hydrogen (secondary N) is 1. The molecule has 1 aliphatic heterocycles. The van der Waals surface area contributed by atoms with Gasteiger partial charge in [0.2, 0.25) is 5.90 Å². The zero-order valence-electron chi connectivity index (χ0n) is 20.6. The van der Waals surface area contributed by atoms with Crippen LogP contribution in [0.25, 0.3) is 0 Å². The predicted molar refractivity (Wildman–Crippen MR) is 149 cm³/mol. The summed E-state index contributed by atoms with van der Waals surface area (Å²) in [7, 11) is 0. The second-order valence-corrected chi connectivity index (χ2v) is 10.3. The van der Waals surface area contributed by atoms with E-state index in [1.165, 1.54) is 0 Å². The van der Waals surface area contributed by atoms with Gasteiger partial charge in [-0.1, -0.05) is 51.8 Å². The normalized spacial score (nSPS) is 18.7. The van der Waals surface area contributed by atoms with E-state index in [9.17, 15) is 4.79 Å². The van der Waals surface area contributed by atoms with Gasteiger partial charge in [0.25, 0.3) is 5.91 Å². The van der Waals surface area contributed by atoms with Crippen LogP contribution in [-0.4, -0.2) is 48.3 Å². The number of nitrogens with zero attached hydrogens (tertiary/aromatic N) is 1. The monoisotopic (exact) mass is 584 g/mol. The van der Waals surface area contributed by atoms with E-state index < -0.39 is 11.6 Å². The van der Waals surface area contributed by atoms with Gasteiger partial charge in [-0.05, 0) is 73.0 Å². The molecule has 0 radical (unpaired) electrons. The van der Waals surface area contributed by atoms with Crippen molar-refractivity contribution in [2.45, 2.75) is 37.8 Å². The van der Waals surface area contributed by atoms with Crippen LogP contribution in [0.2, 0.25) is 5.02 Å². The molecule has 194 valence electrons. The molecule has 0 aliphatic carbocycles. The Labute approximate surface area is 230 Å². The van der Waals surface area contributed by atoms with Gasteiger partial charge in [0, 0.05) is 41.1 Å². The van der Waals surface area contributed by atoms with Gasteiger partial charge in [0.05, 0.1) is 6.61 Å². The average molecular weight is 586 g/mol. The number of aliphatic hydroxyl groups excluding tert-OH is 1. The van der Waals surface area contributed by atoms with Crippen molar-refractivity contribution in [2.24, 2.45) is 4.99 Å². The second kappa shape index (κ2) is 12.6. The molecule has 0 fully saturated rings. The number of aliphatic imine (C=N–C) groups is 1. The third-order valence-corrected chi connectivity index (χ3v) is 7.11. The molecule has 0 saturated heterocycles. The Balaban J connectivity index is 1.55. The third kappa shape index (κ3) is 6.92. The van der Waals surface area contributed by atoms with Crippen LogP contribution in [0, 0.1) is 0 Å². The number of rotatable bonds is 11. The minimum Gasteiger partial charge on any atom is -0.494 e. The van der Waals surface area contributed by atoms with E-state index in [0.29, 0.717) is 49.1 Å². The maximum atomic E-state index is 13.7. The van der Waals surface area contributed by atoms with Crippen LogP contribution < -0.4 is 10.1 Å². The number of carbonyl (C=O) groups excluding carboxylic acids is 1. The number of aliphatic hydroxyl groups is 1. The highest BCUT2D eigenvalue weighted by Gasteiger charge is 2.50. The zero-order valence-corrected chi connectivity index (χ0v) is 23.0. The van der Waals surface area contributed by atoms with E-state index in [4.69, 9.17) is 31.2 Å². The zero-order chi connectivity index (χ0) is 26.3. The maximum Gasteiger partial charge on any atom is 0.252 e. The number of halogens is 2. The van der Waals surface area contributed by atoms with Crippen LogP contribution in [0.4, 0.5) is 0 Å². The van der Waals surface area contributed by atoms with Crippen molar-refractivity contribution in [3.63, 3.8) is 0 Å². The van der Waals surface area contributed by atoms with Crippen molar-refractivity contribution < 1.29 is 19.4 Å². The molecule has 0 saturated carbocycles. The van der Waals surface area contributed by atoms with Crippen molar-refractivity contribution in [2.75, 3.05) is 19.8 Å². The molecule has 3 aromatic carbocycles. The predicted octanol–water partition coefficient (Wildman–Crippen LogP) is 5.37. The van der Waals surface area contributed by atoms with Gasteiger partial charge in [-0.3, -0.25) is 4.79 Å². The van der Waals surface area contributed by atoms with Crippen LogP contribution in [0.1, 0.15) is 30.0 Å². The summed E-state index contributed by atoms with van der Waals surface area (Å²) in [6.45, 7) is 2.89. The molecule has 8 heteroatoms. The minimum absolute atomic E-state index is 0.0861. The maximum absolute atomic E-state index is 13.7. The molecule has 1 heterocycles. The summed E-state index contributed by atoms with van der Waals surface area (Å²) in [6.07, 6.45) is 1.18. The highest BCUT2D eigenvalue weighted by atomic mass is 79.9. The molecule has 2 atom stereocenters. The van der Waals surface area contributed by atoms with Crippen LogP contribution in [0.3, 0.4) is 0 Å². The van der Waals surface area contributed by atoms with Gasteiger partial charge in [0.15, 0.2) is 5.54 Å². The lowest BCUT2D eigenvalue weighted by molar-refractivity contribution is -0.128. The quantitative estimate of drug-likeness (QED) is 0.297. The number of benzene rings is 3. The van der Waals surface area contributed by atoms with Gasteiger partial charge >= 0.3 is 0 Å². The first-order valence-electron chi connectivity index (χ1n) is 12.3. The van der Waals surface area contributed by atoms with Crippen molar-refractivity contribution >= 4 is 39.3 Å². The fourth-order valence-corrected chi connectivity index (χ4v) is 4.57. The molecule has 1 aliphatic rings. The number of amides is 1. The molecular weight excluding hydrogens is 556 g/mol. The summed E-state index contributed by atoms with van der Waals surface area (Å²) in [5.41, 5.74) is 1.74. The van der Waals surface area contributed by atoms with E-state index in [-0.39, 0.29) is 12.5 Å². The first-order valence-corrected chi connectivity index (χ1v) is 13.4. The molecule has 0 bridgehead atoms. The van der Waals surface area contributed by atoms with Crippen LogP contribution in [0.5, 0.6) is 5.75 Å². The van der Waals surface area contributed by atoms with Crippen LogP contribution in [-0.2, 0) is 22.4 Å². The van der Waals surface area contributed by atoms with Crippen molar-refractivity contribution in [1.82, 2.24) is 5.32 Å². The molecular formula is C29H30BrClN2O4. The molecule has 0 unspecified atom stereocenters. The highest BCUT2D eigenvalue weighted by Crippen LogP contribution is 2.33. The van der Waals surface area contributed by atoms with Crippen molar-refractivity contribution in [1.29, 1.82) is 0 Å². The number of ether oxygens (including phenoxy) is 2. The van der Waals surface area contributed by atoms with Crippen LogP contribution >= 0.6 is 27.5 Å². The SMILES string of the molecule is C[C@H]1OC(c2ccc(OCCCO)cc2)=N[C@@]1(Cc1ccc(Br)cc1)C(=O)NCCc1ccc(Cl)cc1. The average Bonchev–Trinajstić information content (AvgIpc) is 3.24. The molecule has 37 heavy (non-hydrogen) atoms. The topological polar surface area (TPSA) is 80.2 Å². The summed E-state index contributed by atoms with van der Waals surface area (Å²) in [5.74, 6) is 0.958. The second-order valence-electron chi connectivity index (χ2n) is 8.99. The Hall–Kier alpha value is -2.87. The molecule has 0 spiro atoms. The summed E-state index contributed by atoms with van der Waals surface area (Å²) < 4.78 is 12.8. The Bertz CT molecular complexity index is 1220. The van der Waals surface area contributed by atoms with E-state index in [0.717, 1.165) is 21.2 Å². The summed E-state index contributed by atoms with van der Waals surface area (Å²) in [6, 6.07) is 22.9. The van der Waals surface area contributed by atoms with Gasteiger partial charge in [-0.2, -0.15) is 0 Å². The standard InChI is InChI=1S/C29H30BrClN2O4/c1-20-29(19-22-3-9-24(30)10-4-22,28(35)32-16-15-21-5-11-25(31)12-6-21)33-27(37-20)23-7-13-26(14-8-23)36-18-2-17-34/h3-14,20,34H,2,15-19H2,1H3,(H,32,35)/t20-,29-/m1/s1. The Kier molecular flexibility index (Phi) is 9.24. The number of hydrogen-bond donors (Lipinski definition) is 2. The summed E-state index contributed by atoms with van der Waals surface area (Å²) in [5, 5.41) is 12.7. The molecule has 0 aromatic heterocycles. The first-order chi connectivity index (χ1) is 17.9. The van der Waals surface area contributed by atoms with E-state index >= 15 is 0 Å². The number of hydrogen-bond acceptors (Lipinski definition) is 5. The number of carbonyl (C=O) groups is 1. The molecule has 4 rings (SSSR count). The van der Waals surface area contributed by atoms with Gasteiger partial charge < -0.3 is 19.9 Å². The van der Waals surface area contributed by atoms with E-state index in [1.807, 2.05) is 79.7 Å². The Morgan fingerprint density at radius 3 is 2.43 bits per heavy atom. The van der Waals surface area contributed by atoms with E-state index in [2.05, 4.69) is 21.2 Å².